The molecule has 1 aromatic heterocycles. The molecule has 1 heterocycles. The minimum atomic E-state index is -0.597. The summed E-state index contributed by atoms with van der Waals surface area (Å²) in [6, 6.07) is 6.94. The summed E-state index contributed by atoms with van der Waals surface area (Å²) in [5.74, 6) is -0.733. The maximum absolute atomic E-state index is 13.4. The SMILES string of the molecule is O=C(COc1ccc(Cl)c(F)c1)N[C@H]1CC[C@H](CNC(=O)c2ccnc(O)c2)CC1. The Bertz CT molecular complexity index is 904. The van der Waals surface area contributed by atoms with Gasteiger partial charge in [0.1, 0.15) is 11.6 Å². The van der Waals surface area contributed by atoms with Crippen LogP contribution >= 0.6 is 11.6 Å². The van der Waals surface area contributed by atoms with E-state index in [4.69, 9.17) is 16.3 Å². The second-order valence-corrected chi connectivity index (χ2v) is 7.67. The van der Waals surface area contributed by atoms with E-state index in [0.717, 1.165) is 31.7 Å². The van der Waals surface area contributed by atoms with Crippen LogP contribution in [0.2, 0.25) is 5.02 Å². The monoisotopic (exact) mass is 435 g/mol. The molecule has 9 heteroatoms. The molecule has 2 amide bonds. The number of hydrogen-bond donors (Lipinski definition) is 3. The van der Waals surface area contributed by atoms with Gasteiger partial charge in [0.15, 0.2) is 6.61 Å². The van der Waals surface area contributed by atoms with Gasteiger partial charge in [0.25, 0.3) is 11.8 Å². The highest BCUT2D eigenvalue weighted by atomic mass is 35.5. The number of carbonyl (C=O) groups excluding carboxylic acids is 2. The van der Waals surface area contributed by atoms with Gasteiger partial charge in [0.05, 0.1) is 5.02 Å². The van der Waals surface area contributed by atoms with Gasteiger partial charge in [-0.3, -0.25) is 9.59 Å². The summed E-state index contributed by atoms with van der Waals surface area (Å²) >= 11 is 5.62. The van der Waals surface area contributed by atoms with Crippen LogP contribution in [0.5, 0.6) is 11.6 Å². The van der Waals surface area contributed by atoms with Crippen LogP contribution in [0.3, 0.4) is 0 Å². The Balaban J connectivity index is 1.35. The Morgan fingerprint density at radius 1 is 1.20 bits per heavy atom. The van der Waals surface area contributed by atoms with Gasteiger partial charge in [-0.2, -0.15) is 0 Å². The van der Waals surface area contributed by atoms with E-state index >= 15 is 0 Å². The van der Waals surface area contributed by atoms with Gasteiger partial charge in [-0.05, 0) is 49.8 Å². The number of hydrogen-bond acceptors (Lipinski definition) is 5. The summed E-state index contributed by atoms with van der Waals surface area (Å²) in [6.45, 7) is 0.337. The molecule has 1 saturated carbocycles. The summed E-state index contributed by atoms with van der Waals surface area (Å²) in [7, 11) is 0. The molecule has 1 aromatic carbocycles. The van der Waals surface area contributed by atoms with Crippen LogP contribution < -0.4 is 15.4 Å². The molecule has 0 spiro atoms. The first-order chi connectivity index (χ1) is 14.4. The number of ether oxygens (including phenoxy) is 1. The smallest absolute Gasteiger partial charge is 0.258 e. The number of halogens is 2. The van der Waals surface area contributed by atoms with Crippen molar-refractivity contribution in [1.29, 1.82) is 0 Å². The minimum Gasteiger partial charge on any atom is -0.493 e. The predicted octanol–water partition coefficient (Wildman–Crippen LogP) is 3.06. The number of aromatic hydroxyl groups is 1. The van der Waals surface area contributed by atoms with E-state index in [0.29, 0.717) is 18.0 Å². The lowest BCUT2D eigenvalue weighted by atomic mass is 9.86. The Hall–Kier alpha value is -2.87. The van der Waals surface area contributed by atoms with Crippen LogP contribution in [0.15, 0.2) is 36.5 Å². The van der Waals surface area contributed by atoms with Crippen molar-refractivity contribution in [2.45, 2.75) is 31.7 Å². The predicted molar refractivity (Wildman–Crippen MR) is 109 cm³/mol. The van der Waals surface area contributed by atoms with Crippen molar-refractivity contribution in [3.05, 3.63) is 52.9 Å². The molecular formula is C21H23ClFN3O4. The van der Waals surface area contributed by atoms with Crippen LogP contribution in [0.1, 0.15) is 36.0 Å². The fraction of sp³-hybridized carbons (Fsp3) is 0.381. The fourth-order valence-electron chi connectivity index (χ4n) is 3.39. The van der Waals surface area contributed by atoms with Crippen molar-refractivity contribution in [3.63, 3.8) is 0 Å². The highest BCUT2D eigenvalue weighted by Gasteiger charge is 2.23. The zero-order valence-electron chi connectivity index (χ0n) is 16.2. The average molecular weight is 436 g/mol. The van der Waals surface area contributed by atoms with Gasteiger partial charge in [-0.1, -0.05) is 11.6 Å². The van der Waals surface area contributed by atoms with Crippen LogP contribution in [0.25, 0.3) is 0 Å². The molecular weight excluding hydrogens is 413 g/mol. The fourth-order valence-corrected chi connectivity index (χ4v) is 3.51. The van der Waals surface area contributed by atoms with Gasteiger partial charge < -0.3 is 20.5 Å². The molecule has 0 radical (unpaired) electrons. The lowest BCUT2D eigenvalue weighted by Gasteiger charge is -2.29. The van der Waals surface area contributed by atoms with Crippen LogP contribution in [-0.2, 0) is 4.79 Å². The molecule has 0 unspecified atom stereocenters. The van der Waals surface area contributed by atoms with Gasteiger partial charge in [-0.15, -0.1) is 0 Å². The van der Waals surface area contributed by atoms with E-state index < -0.39 is 5.82 Å². The molecule has 160 valence electrons. The second-order valence-electron chi connectivity index (χ2n) is 7.26. The molecule has 7 nitrogen and oxygen atoms in total. The molecule has 30 heavy (non-hydrogen) atoms. The summed E-state index contributed by atoms with van der Waals surface area (Å²) in [5.41, 5.74) is 0.365. The topological polar surface area (TPSA) is 101 Å². The summed E-state index contributed by atoms with van der Waals surface area (Å²) < 4.78 is 18.7. The van der Waals surface area contributed by atoms with Crippen LogP contribution in [0, 0.1) is 11.7 Å². The Kier molecular flexibility index (Phi) is 7.46. The number of rotatable bonds is 7. The first-order valence-electron chi connectivity index (χ1n) is 9.71. The summed E-state index contributed by atoms with van der Waals surface area (Å²) in [4.78, 5) is 27.9. The maximum Gasteiger partial charge on any atom is 0.258 e. The van der Waals surface area contributed by atoms with E-state index in [1.54, 1.807) is 6.07 Å². The molecule has 2 aromatic rings. The number of benzene rings is 1. The van der Waals surface area contributed by atoms with Crippen molar-refractivity contribution in [1.82, 2.24) is 15.6 Å². The number of pyridine rings is 1. The van der Waals surface area contributed by atoms with E-state index in [9.17, 15) is 19.1 Å². The third-order valence-corrected chi connectivity index (χ3v) is 5.34. The Labute approximate surface area is 178 Å². The van der Waals surface area contributed by atoms with Crippen molar-refractivity contribution in [2.24, 2.45) is 5.92 Å². The molecule has 0 bridgehead atoms. The minimum absolute atomic E-state index is 0.00123. The van der Waals surface area contributed by atoms with E-state index in [-0.39, 0.29) is 41.1 Å². The van der Waals surface area contributed by atoms with Crippen molar-refractivity contribution < 1.29 is 23.8 Å². The molecule has 0 atom stereocenters. The lowest BCUT2D eigenvalue weighted by Crippen LogP contribution is -2.41. The molecule has 0 saturated heterocycles. The molecule has 1 aliphatic rings. The van der Waals surface area contributed by atoms with Crippen molar-refractivity contribution in [3.8, 4) is 11.6 Å². The van der Waals surface area contributed by atoms with E-state index in [1.807, 2.05) is 0 Å². The molecule has 0 aliphatic heterocycles. The standard InChI is InChI=1S/C21H23ClFN3O4/c22-17-6-5-16(10-18(17)23)30-12-20(28)26-15-3-1-13(2-4-15)11-25-21(29)14-7-8-24-19(27)9-14/h5-10,13,15H,1-4,11-12H2,(H,24,27)(H,25,29)(H,26,28)/t13-,15-. The molecule has 3 rings (SSSR count). The number of nitrogens with zero attached hydrogens (tertiary/aromatic N) is 1. The Morgan fingerprint density at radius 2 is 1.97 bits per heavy atom. The number of aromatic nitrogens is 1. The second kappa shape index (κ2) is 10.2. The quantitative estimate of drug-likeness (QED) is 0.620. The largest absolute Gasteiger partial charge is 0.493 e. The molecule has 1 aliphatic carbocycles. The molecule has 3 N–H and O–H groups in total. The number of carbonyl (C=O) groups is 2. The van der Waals surface area contributed by atoms with Gasteiger partial charge >= 0.3 is 0 Å². The number of nitrogens with one attached hydrogen (secondary N) is 2. The third-order valence-electron chi connectivity index (χ3n) is 5.03. The van der Waals surface area contributed by atoms with E-state index in [1.165, 1.54) is 24.4 Å². The molecule has 1 fully saturated rings. The summed E-state index contributed by atoms with van der Waals surface area (Å²) in [6.07, 6.45) is 4.73. The van der Waals surface area contributed by atoms with Crippen molar-refractivity contribution >= 4 is 23.4 Å². The first-order valence-corrected chi connectivity index (χ1v) is 10.1. The average Bonchev–Trinajstić information content (AvgIpc) is 2.74. The zero-order chi connectivity index (χ0) is 21.5. The van der Waals surface area contributed by atoms with Crippen molar-refractivity contribution in [2.75, 3.05) is 13.2 Å². The van der Waals surface area contributed by atoms with Gasteiger partial charge in [-0.25, -0.2) is 9.37 Å². The lowest BCUT2D eigenvalue weighted by molar-refractivity contribution is -0.124. The zero-order valence-corrected chi connectivity index (χ0v) is 17.0. The maximum atomic E-state index is 13.4. The highest BCUT2D eigenvalue weighted by Crippen LogP contribution is 2.24. The summed E-state index contributed by atoms with van der Waals surface area (Å²) in [5, 5.41) is 15.1. The van der Waals surface area contributed by atoms with Gasteiger partial charge in [0, 0.05) is 36.5 Å². The normalized spacial score (nSPS) is 18.5. The Morgan fingerprint density at radius 3 is 2.67 bits per heavy atom. The first kappa shape index (κ1) is 21.8. The highest BCUT2D eigenvalue weighted by molar-refractivity contribution is 6.30. The van der Waals surface area contributed by atoms with Crippen LogP contribution in [0.4, 0.5) is 4.39 Å². The van der Waals surface area contributed by atoms with E-state index in [2.05, 4.69) is 15.6 Å². The third kappa shape index (κ3) is 6.32. The van der Waals surface area contributed by atoms with Crippen LogP contribution in [-0.4, -0.2) is 41.1 Å². The van der Waals surface area contributed by atoms with Gasteiger partial charge in [0.2, 0.25) is 5.88 Å². The number of amides is 2.